The normalized spacial score (nSPS) is 12.8. The number of ether oxygens (including phenoxy) is 1. The van der Waals surface area contributed by atoms with Gasteiger partial charge in [0.1, 0.15) is 11.0 Å². The fourth-order valence-corrected chi connectivity index (χ4v) is 2.74. The van der Waals surface area contributed by atoms with Crippen LogP contribution in [0.15, 0.2) is 24.3 Å². The second kappa shape index (κ2) is 6.16. The maximum Gasteiger partial charge on any atom is 0.320 e. The summed E-state index contributed by atoms with van der Waals surface area (Å²) in [7, 11) is -2.81. The highest BCUT2D eigenvalue weighted by molar-refractivity contribution is 7.93. The van der Waals surface area contributed by atoms with Crippen molar-refractivity contribution < 1.29 is 22.7 Å². The van der Waals surface area contributed by atoms with Crippen LogP contribution in [0.25, 0.3) is 0 Å². The number of carbonyl (C=O) groups is 2. The summed E-state index contributed by atoms with van der Waals surface area (Å²) in [5.74, 6) is -2.33. The molecule has 0 bridgehead atoms. The van der Waals surface area contributed by atoms with Crippen molar-refractivity contribution in [3.63, 3.8) is 0 Å². The van der Waals surface area contributed by atoms with Crippen LogP contribution in [0.5, 0.6) is 0 Å². The first-order valence-electron chi connectivity index (χ1n) is 5.36. The van der Waals surface area contributed by atoms with E-state index in [1.165, 1.54) is 19.1 Å². The molecule has 5 nitrogen and oxygen atoms in total. The molecule has 7 heteroatoms. The molecule has 0 fully saturated rings. The second-order valence-electron chi connectivity index (χ2n) is 3.90. The van der Waals surface area contributed by atoms with E-state index in [4.69, 9.17) is 11.6 Å². The van der Waals surface area contributed by atoms with Gasteiger partial charge in [0, 0.05) is 10.6 Å². The van der Waals surface area contributed by atoms with Crippen molar-refractivity contribution in [3.8, 4) is 0 Å². The number of Topliss-reactive ketones (excluding diaryl/α,β-unsaturated/α-hetero) is 1. The summed E-state index contributed by atoms with van der Waals surface area (Å²) in [6.07, 6.45) is 0. The first-order chi connectivity index (χ1) is 8.77. The number of carbonyl (C=O) groups excluding carboxylic acids is 2. The summed E-state index contributed by atoms with van der Waals surface area (Å²) in [4.78, 5) is 23.0. The number of methoxy groups -OCH3 is 1. The summed E-state index contributed by atoms with van der Waals surface area (Å²) in [6, 6.07) is 5.98. The Bertz CT molecular complexity index is 594. The molecule has 19 heavy (non-hydrogen) atoms. The zero-order valence-corrected chi connectivity index (χ0v) is 12.0. The van der Waals surface area contributed by atoms with Crippen molar-refractivity contribution in [3.05, 3.63) is 34.9 Å². The molecule has 0 aromatic heterocycles. The molecular weight excluding hydrogens is 292 g/mol. The molecule has 0 aliphatic heterocycles. The summed E-state index contributed by atoms with van der Waals surface area (Å²) in [5, 5.41) is -0.992. The molecule has 1 rings (SSSR count). The molecule has 1 atom stereocenters. The van der Waals surface area contributed by atoms with Crippen LogP contribution in [0, 0.1) is 0 Å². The van der Waals surface area contributed by atoms with Gasteiger partial charge in [0.05, 0.1) is 7.11 Å². The van der Waals surface area contributed by atoms with Crippen LogP contribution in [0.4, 0.5) is 0 Å². The number of sulfone groups is 1. The Morgan fingerprint density at radius 2 is 2.00 bits per heavy atom. The maximum atomic E-state index is 12.0. The molecule has 0 aliphatic carbocycles. The number of rotatable bonds is 5. The molecule has 1 unspecified atom stereocenters. The lowest BCUT2D eigenvalue weighted by Gasteiger charge is -2.11. The van der Waals surface area contributed by atoms with Gasteiger partial charge in [-0.05, 0) is 19.1 Å². The highest BCUT2D eigenvalue weighted by atomic mass is 35.5. The predicted octanol–water partition coefficient (Wildman–Crippen LogP) is 1.50. The number of halogens is 1. The Hall–Kier alpha value is -1.40. The van der Waals surface area contributed by atoms with Crippen molar-refractivity contribution >= 4 is 33.2 Å². The lowest BCUT2D eigenvalue weighted by Crippen LogP contribution is -2.32. The van der Waals surface area contributed by atoms with Crippen molar-refractivity contribution in [2.45, 2.75) is 12.2 Å². The number of ketones is 1. The molecular formula is C12H13ClO5S. The molecule has 0 saturated carbocycles. The van der Waals surface area contributed by atoms with E-state index in [-0.39, 0.29) is 5.56 Å². The van der Waals surface area contributed by atoms with Gasteiger partial charge in [0.2, 0.25) is 0 Å². The van der Waals surface area contributed by atoms with E-state index in [1.807, 2.05) is 0 Å². The van der Waals surface area contributed by atoms with Crippen LogP contribution in [-0.2, 0) is 19.4 Å². The first-order valence-corrected chi connectivity index (χ1v) is 7.45. The van der Waals surface area contributed by atoms with Crippen LogP contribution < -0.4 is 0 Å². The molecule has 1 aromatic rings. The second-order valence-corrected chi connectivity index (χ2v) is 6.66. The summed E-state index contributed by atoms with van der Waals surface area (Å²) >= 11 is 5.74. The van der Waals surface area contributed by atoms with Gasteiger partial charge >= 0.3 is 5.97 Å². The van der Waals surface area contributed by atoms with Gasteiger partial charge in [-0.1, -0.05) is 23.7 Å². The van der Waals surface area contributed by atoms with E-state index in [2.05, 4.69) is 4.74 Å². The Morgan fingerprint density at radius 3 is 2.53 bits per heavy atom. The highest BCUT2D eigenvalue weighted by Crippen LogP contribution is 2.15. The van der Waals surface area contributed by atoms with Gasteiger partial charge < -0.3 is 4.74 Å². The fraction of sp³-hybridized carbons (Fsp3) is 0.333. The lowest BCUT2D eigenvalue weighted by molar-refractivity contribution is -0.137. The molecule has 0 radical (unpaired) electrons. The number of hydrogen-bond donors (Lipinski definition) is 0. The minimum absolute atomic E-state index is 0.188. The van der Waals surface area contributed by atoms with Crippen molar-refractivity contribution in [2.75, 3.05) is 12.9 Å². The quantitative estimate of drug-likeness (QED) is 0.608. The largest absolute Gasteiger partial charge is 0.468 e. The van der Waals surface area contributed by atoms with Gasteiger partial charge in [0.15, 0.2) is 15.6 Å². The third-order valence-electron chi connectivity index (χ3n) is 2.56. The minimum atomic E-state index is -3.90. The summed E-state index contributed by atoms with van der Waals surface area (Å²) in [5.41, 5.74) is 0.188. The van der Waals surface area contributed by atoms with Crippen LogP contribution in [0.3, 0.4) is 0 Å². The van der Waals surface area contributed by atoms with Crippen LogP contribution >= 0.6 is 11.6 Å². The molecule has 0 heterocycles. The third-order valence-corrected chi connectivity index (χ3v) is 4.73. The lowest BCUT2D eigenvalue weighted by atomic mass is 10.1. The molecule has 0 saturated heterocycles. The zero-order valence-electron chi connectivity index (χ0n) is 10.4. The first kappa shape index (κ1) is 15.7. The third kappa shape index (κ3) is 4.04. The zero-order chi connectivity index (χ0) is 14.6. The number of benzene rings is 1. The van der Waals surface area contributed by atoms with Crippen LogP contribution in [-0.4, -0.2) is 38.3 Å². The van der Waals surface area contributed by atoms with Gasteiger partial charge in [-0.15, -0.1) is 0 Å². The average molecular weight is 305 g/mol. The smallest absolute Gasteiger partial charge is 0.320 e. The monoisotopic (exact) mass is 304 g/mol. The molecule has 104 valence electrons. The van der Waals surface area contributed by atoms with E-state index >= 15 is 0 Å². The fourth-order valence-electron chi connectivity index (χ4n) is 1.39. The van der Waals surface area contributed by atoms with Crippen molar-refractivity contribution in [2.24, 2.45) is 0 Å². The Labute approximate surface area is 116 Å². The summed E-state index contributed by atoms with van der Waals surface area (Å²) in [6.45, 7) is 1.24. The van der Waals surface area contributed by atoms with Gasteiger partial charge in [-0.25, -0.2) is 8.42 Å². The molecule has 1 aromatic carbocycles. The summed E-state index contributed by atoms with van der Waals surface area (Å²) < 4.78 is 28.0. The van der Waals surface area contributed by atoms with E-state index in [1.54, 1.807) is 12.1 Å². The Kier molecular flexibility index (Phi) is 5.08. The topological polar surface area (TPSA) is 77.5 Å². The van der Waals surface area contributed by atoms with Crippen molar-refractivity contribution in [1.29, 1.82) is 0 Å². The predicted molar refractivity (Wildman–Crippen MR) is 71.0 cm³/mol. The molecule has 0 N–H and O–H groups in total. The molecule has 0 aliphatic rings. The molecule has 0 spiro atoms. The van der Waals surface area contributed by atoms with E-state index in [9.17, 15) is 18.0 Å². The van der Waals surface area contributed by atoms with Gasteiger partial charge in [0.25, 0.3) is 0 Å². The standard InChI is InChI=1S/C12H13ClO5S/c1-8(19(16,17)7-11(14)18-2)12(15)9-4-3-5-10(13)6-9/h3-6,8H,7H2,1-2H3. The number of esters is 1. The maximum absolute atomic E-state index is 12.0. The van der Waals surface area contributed by atoms with Crippen molar-refractivity contribution in [1.82, 2.24) is 0 Å². The van der Waals surface area contributed by atoms with Gasteiger partial charge in [-0.3, -0.25) is 9.59 Å². The van der Waals surface area contributed by atoms with E-state index < -0.39 is 32.6 Å². The van der Waals surface area contributed by atoms with E-state index in [0.717, 1.165) is 7.11 Å². The molecule has 0 amide bonds. The van der Waals surface area contributed by atoms with E-state index in [0.29, 0.717) is 5.02 Å². The SMILES string of the molecule is COC(=O)CS(=O)(=O)C(C)C(=O)c1cccc(Cl)c1. The Balaban J connectivity index is 2.97. The average Bonchev–Trinajstić information content (AvgIpc) is 2.36. The van der Waals surface area contributed by atoms with Crippen LogP contribution in [0.1, 0.15) is 17.3 Å². The highest BCUT2D eigenvalue weighted by Gasteiger charge is 2.31. The van der Waals surface area contributed by atoms with Crippen LogP contribution in [0.2, 0.25) is 5.02 Å². The van der Waals surface area contributed by atoms with Gasteiger partial charge in [-0.2, -0.15) is 0 Å². The number of hydrogen-bond acceptors (Lipinski definition) is 5. The minimum Gasteiger partial charge on any atom is -0.468 e. The Morgan fingerprint density at radius 1 is 1.37 bits per heavy atom.